The molecule has 1 aromatic heterocycles. The molecule has 6 heteroatoms. The van der Waals surface area contributed by atoms with Gasteiger partial charge in [0.1, 0.15) is 0 Å². The summed E-state index contributed by atoms with van der Waals surface area (Å²) in [5, 5.41) is 7.04. The van der Waals surface area contributed by atoms with E-state index in [1.165, 1.54) is 6.07 Å². The van der Waals surface area contributed by atoms with Gasteiger partial charge in [0.2, 0.25) is 0 Å². The molecule has 1 atom stereocenters. The summed E-state index contributed by atoms with van der Waals surface area (Å²) in [6.45, 7) is 1.93. The van der Waals surface area contributed by atoms with Gasteiger partial charge in [0.25, 0.3) is 0 Å². The third-order valence-corrected chi connectivity index (χ3v) is 3.50. The number of nitrogen functional groups attached to an aromatic ring is 1. The van der Waals surface area contributed by atoms with Gasteiger partial charge in [-0.15, -0.1) is 0 Å². The number of halogens is 3. The highest BCUT2D eigenvalue weighted by Gasteiger charge is 2.30. The third kappa shape index (κ3) is 3.20. The lowest BCUT2D eigenvalue weighted by atomic mass is 10.1. The number of nitrogens with two attached hydrogens (primary N) is 1. The summed E-state index contributed by atoms with van der Waals surface area (Å²) >= 11 is 1.57. The minimum absolute atomic E-state index is 0.00899. The van der Waals surface area contributed by atoms with Gasteiger partial charge in [0.05, 0.1) is 16.9 Å². The molecule has 3 N–H and O–H groups in total. The molecule has 0 aliphatic rings. The Morgan fingerprint density at radius 2 is 2.00 bits per heavy atom. The van der Waals surface area contributed by atoms with Crippen LogP contribution >= 0.6 is 11.3 Å². The lowest BCUT2D eigenvalue weighted by Gasteiger charge is -2.17. The second-order valence-electron chi connectivity index (χ2n) is 4.22. The van der Waals surface area contributed by atoms with Crippen LogP contribution in [0, 0.1) is 0 Å². The highest BCUT2D eigenvalue weighted by atomic mass is 32.1. The van der Waals surface area contributed by atoms with Gasteiger partial charge in [-0.1, -0.05) is 0 Å². The molecule has 0 bridgehead atoms. The van der Waals surface area contributed by atoms with E-state index in [-0.39, 0.29) is 11.7 Å². The molecule has 0 spiro atoms. The van der Waals surface area contributed by atoms with E-state index in [2.05, 4.69) is 5.32 Å². The van der Waals surface area contributed by atoms with Crippen LogP contribution in [0.3, 0.4) is 0 Å². The fourth-order valence-corrected chi connectivity index (χ4v) is 2.46. The molecule has 0 amide bonds. The summed E-state index contributed by atoms with van der Waals surface area (Å²) < 4.78 is 37.5. The molecular formula is C13H13F3N2S. The molecule has 0 fully saturated rings. The van der Waals surface area contributed by atoms with E-state index < -0.39 is 11.7 Å². The van der Waals surface area contributed by atoms with Crippen LogP contribution in [0.2, 0.25) is 0 Å². The van der Waals surface area contributed by atoms with E-state index in [0.717, 1.165) is 17.7 Å². The van der Waals surface area contributed by atoms with Crippen LogP contribution in [0.25, 0.3) is 0 Å². The first-order valence-corrected chi connectivity index (χ1v) is 6.57. The molecule has 0 radical (unpaired) electrons. The van der Waals surface area contributed by atoms with Crippen LogP contribution in [-0.4, -0.2) is 0 Å². The Kier molecular flexibility index (Phi) is 3.71. The summed E-state index contributed by atoms with van der Waals surface area (Å²) in [5.41, 5.74) is 6.60. The molecule has 0 saturated carbocycles. The summed E-state index contributed by atoms with van der Waals surface area (Å²) in [7, 11) is 0. The Bertz CT molecular complexity index is 550. The zero-order chi connectivity index (χ0) is 14.0. The summed E-state index contributed by atoms with van der Waals surface area (Å²) in [4.78, 5) is 0. The van der Waals surface area contributed by atoms with E-state index in [4.69, 9.17) is 5.73 Å². The number of anilines is 2. The van der Waals surface area contributed by atoms with Crippen molar-refractivity contribution in [1.82, 2.24) is 0 Å². The van der Waals surface area contributed by atoms with E-state index in [9.17, 15) is 13.2 Å². The van der Waals surface area contributed by atoms with Gasteiger partial charge in [-0.2, -0.15) is 24.5 Å². The molecule has 102 valence electrons. The number of hydrogen-bond donors (Lipinski definition) is 2. The topological polar surface area (TPSA) is 38.0 Å². The highest BCUT2D eigenvalue weighted by Crippen LogP contribution is 2.34. The smallest absolute Gasteiger partial charge is 0.397 e. The van der Waals surface area contributed by atoms with Crippen LogP contribution in [0.4, 0.5) is 24.5 Å². The van der Waals surface area contributed by atoms with Crippen molar-refractivity contribution >= 4 is 22.7 Å². The van der Waals surface area contributed by atoms with E-state index in [0.29, 0.717) is 5.69 Å². The van der Waals surface area contributed by atoms with Crippen LogP contribution in [0.5, 0.6) is 0 Å². The first-order chi connectivity index (χ1) is 8.88. The van der Waals surface area contributed by atoms with E-state index >= 15 is 0 Å². The average Bonchev–Trinajstić information content (AvgIpc) is 2.84. The first kappa shape index (κ1) is 13.7. The Morgan fingerprint density at radius 3 is 2.53 bits per heavy atom. The predicted molar refractivity (Wildman–Crippen MR) is 72.2 cm³/mol. The molecule has 0 aliphatic heterocycles. The largest absolute Gasteiger partial charge is 0.416 e. The second-order valence-corrected chi connectivity index (χ2v) is 5.00. The Hall–Kier alpha value is -1.69. The summed E-state index contributed by atoms with van der Waals surface area (Å²) in [5.74, 6) is 0. The number of thiophene rings is 1. The Morgan fingerprint density at radius 1 is 1.26 bits per heavy atom. The average molecular weight is 286 g/mol. The van der Waals surface area contributed by atoms with E-state index in [1.807, 2.05) is 23.8 Å². The van der Waals surface area contributed by atoms with Crippen molar-refractivity contribution in [1.29, 1.82) is 0 Å². The van der Waals surface area contributed by atoms with Gasteiger partial charge in [-0.3, -0.25) is 0 Å². The third-order valence-electron chi connectivity index (χ3n) is 2.79. The molecule has 0 saturated heterocycles. The van der Waals surface area contributed by atoms with Crippen LogP contribution in [0.15, 0.2) is 35.0 Å². The van der Waals surface area contributed by atoms with Crippen molar-refractivity contribution in [3.63, 3.8) is 0 Å². The quantitative estimate of drug-likeness (QED) is 0.814. The molecule has 1 heterocycles. The highest BCUT2D eigenvalue weighted by molar-refractivity contribution is 7.07. The van der Waals surface area contributed by atoms with Crippen LogP contribution in [0.1, 0.15) is 24.1 Å². The molecule has 1 aromatic carbocycles. The fourth-order valence-electron chi connectivity index (χ4n) is 1.71. The number of rotatable bonds is 3. The van der Waals surface area contributed by atoms with Crippen LogP contribution < -0.4 is 11.1 Å². The molecule has 19 heavy (non-hydrogen) atoms. The fraction of sp³-hybridized carbons (Fsp3) is 0.231. The minimum Gasteiger partial charge on any atom is -0.397 e. The van der Waals surface area contributed by atoms with Crippen molar-refractivity contribution in [3.05, 3.63) is 46.2 Å². The first-order valence-electron chi connectivity index (χ1n) is 5.63. The van der Waals surface area contributed by atoms with Crippen molar-refractivity contribution in [2.75, 3.05) is 11.1 Å². The maximum Gasteiger partial charge on any atom is 0.416 e. The zero-order valence-corrected chi connectivity index (χ0v) is 11.0. The van der Waals surface area contributed by atoms with E-state index in [1.54, 1.807) is 11.3 Å². The van der Waals surface area contributed by atoms with Crippen molar-refractivity contribution in [2.24, 2.45) is 0 Å². The molecule has 2 aromatic rings. The summed E-state index contributed by atoms with van der Waals surface area (Å²) in [6, 6.07) is 5.29. The Balaban J connectivity index is 2.18. The monoisotopic (exact) mass is 286 g/mol. The molecule has 0 aliphatic carbocycles. The minimum atomic E-state index is -4.37. The van der Waals surface area contributed by atoms with Crippen LogP contribution in [-0.2, 0) is 6.18 Å². The maximum absolute atomic E-state index is 12.5. The van der Waals surface area contributed by atoms with Crippen molar-refractivity contribution < 1.29 is 13.2 Å². The number of hydrogen-bond acceptors (Lipinski definition) is 3. The Labute approximate surface area is 113 Å². The second kappa shape index (κ2) is 5.13. The maximum atomic E-state index is 12.5. The zero-order valence-electron chi connectivity index (χ0n) is 10.2. The van der Waals surface area contributed by atoms with Gasteiger partial charge in [0.15, 0.2) is 0 Å². The lowest BCUT2D eigenvalue weighted by molar-refractivity contribution is -0.137. The van der Waals surface area contributed by atoms with Gasteiger partial charge < -0.3 is 11.1 Å². The van der Waals surface area contributed by atoms with Gasteiger partial charge >= 0.3 is 6.18 Å². The van der Waals surface area contributed by atoms with Crippen molar-refractivity contribution in [2.45, 2.75) is 19.1 Å². The summed E-state index contributed by atoms with van der Waals surface area (Å²) in [6.07, 6.45) is -4.37. The number of alkyl halides is 3. The normalized spacial score (nSPS) is 13.3. The standard InChI is InChI=1S/C13H13F3N2S/c1-8(9-4-5-19-7-9)18-12-3-2-10(6-11(12)17)13(14,15)16/h2-8,18H,17H2,1H3. The molecule has 2 nitrogen and oxygen atoms in total. The molecular weight excluding hydrogens is 273 g/mol. The van der Waals surface area contributed by atoms with Gasteiger partial charge in [-0.25, -0.2) is 0 Å². The lowest BCUT2D eigenvalue weighted by Crippen LogP contribution is -2.10. The molecule has 1 unspecified atom stereocenters. The predicted octanol–water partition coefficient (Wildman–Crippen LogP) is 4.52. The van der Waals surface area contributed by atoms with Gasteiger partial charge in [0, 0.05) is 6.04 Å². The number of benzene rings is 1. The number of nitrogens with one attached hydrogen (secondary N) is 1. The van der Waals surface area contributed by atoms with Gasteiger partial charge in [-0.05, 0) is 47.5 Å². The SMILES string of the molecule is CC(Nc1ccc(C(F)(F)F)cc1N)c1ccsc1. The molecule has 2 rings (SSSR count). The van der Waals surface area contributed by atoms with Crippen molar-refractivity contribution in [3.8, 4) is 0 Å².